The summed E-state index contributed by atoms with van der Waals surface area (Å²) in [6.07, 6.45) is 2.03. The number of aliphatic imine (C=N–C) groups is 1. The van der Waals surface area contributed by atoms with Gasteiger partial charge in [-0.3, -0.25) is 4.99 Å². The summed E-state index contributed by atoms with van der Waals surface area (Å²) in [5.74, 6) is 1.22. The second-order valence-electron chi connectivity index (χ2n) is 4.87. The molecule has 1 rings (SSSR count). The van der Waals surface area contributed by atoms with Crippen LogP contribution in [0.4, 0.5) is 0 Å². The maximum absolute atomic E-state index is 5.79. The van der Waals surface area contributed by atoms with Crippen LogP contribution in [0.1, 0.15) is 35.8 Å². The minimum atomic E-state index is 0.551. The average Bonchev–Trinajstić information content (AvgIpc) is 2.57. The summed E-state index contributed by atoms with van der Waals surface area (Å²) in [6.45, 7) is 10.1. The molecule has 0 aliphatic carbocycles. The predicted molar refractivity (Wildman–Crippen MR) is 79.2 cm³/mol. The van der Waals surface area contributed by atoms with E-state index >= 15 is 0 Å². The van der Waals surface area contributed by atoms with Gasteiger partial charge in [-0.25, -0.2) is 4.98 Å². The molecule has 0 fully saturated rings. The summed E-state index contributed by atoms with van der Waals surface area (Å²) in [5.41, 5.74) is 6.93. The Morgan fingerprint density at radius 3 is 2.72 bits per heavy atom. The van der Waals surface area contributed by atoms with Crippen LogP contribution in [-0.2, 0) is 6.42 Å². The molecule has 0 aliphatic heterocycles. The summed E-state index contributed by atoms with van der Waals surface area (Å²) < 4.78 is 0. The molecule has 102 valence electrons. The van der Waals surface area contributed by atoms with Gasteiger partial charge in [0.1, 0.15) is 0 Å². The van der Waals surface area contributed by atoms with Crippen LogP contribution in [0.2, 0.25) is 0 Å². The molecule has 3 N–H and O–H groups in total. The molecule has 0 radical (unpaired) electrons. The zero-order valence-electron chi connectivity index (χ0n) is 11.8. The van der Waals surface area contributed by atoms with E-state index in [1.165, 1.54) is 4.88 Å². The number of hydrogen-bond acceptors (Lipinski definition) is 3. The predicted octanol–water partition coefficient (Wildman–Crippen LogP) is 2.25. The van der Waals surface area contributed by atoms with Crippen LogP contribution in [0.3, 0.4) is 0 Å². The van der Waals surface area contributed by atoms with Gasteiger partial charge < -0.3 is 11.1 Å². The largest absolute Gasteiger partial charge is 0.370 e. The summed E-state index contributed by atoms with van der Waals surface area (Å²) in [7, 11) is 0. The van der Waals surface area contributed by atoms with E-state index in [-0.39, 0.29) is 0 Å². The summed E-state index contributed by atoms with van der Waals surface area (Å²) >= 11 is 1.76. The Kier molecular flexibility index (Phi) is 6.12. The molecular weight excluding hydrogens is 244 g/mol. The molecule has 0 aromatic carbocycles. The molecule has 1 heterocycles. The molecule has 0 bridgehead atoms. The Labute approximate surface area is 114 Å². The Hall–Kier alpha value is -1.10. The van der Waals surface area contributed by atoms with Crippen LogP contribution in [0.15, 0.2) is 4.99 Å². The number of guanidine groups is 1. The van der Waals surface area contributed by atoms with Crippen molar-refractivity contribution >= 4 is 17.3 Å². The first kappa shape index (κ1) is 15.0. The van der Waals surface area contributed by atoms with Crippen LogP contribution >= 0.6 is 11.3 Å². The Bertz CT molecular complexity index is 396. The molecule has 1 aromatic heterocycles. The van der Waals surface area contributed by atoms with E-state index in [1.54, 1.807) is 11.3 Å². The molecule has 0 aliphatic rings. The number of hydrogen-bond donors (Lipinski definition) is 2. The standard InChI is InChI=1S/C13H24N4S/c1-9(2)5-7-15-13(14)16-8-6-12-10(3)17-11(4)18-12/h9H,5-8H2,1-4H3,(H3,14,15,16). The van der Waals surface area contributed by atoms with Gasteiger partial charge in [-0.15, -0.1) is 11.3 Å². The van der Waals surface area contributed by atoms with E-state index in [0.717, 1.165) is 36.6 Å². The Morgan fingerprint density at radius 2 is 2.17 bits per heavy atom. The van der Waals surface area contributed by atoms with Gasteiger partial charge in [0, 0.05) is 24.4 Å². The maximum atomic E-state index is 5.79. The van der Waals surface area contributed by atoms with E-state index in [2.05, 4.69) is 36.1 Å². The topological polar surface area (TPSA) is 63.3 Å². The van der Waals surface area contributed by atoms with E-state index in [0.29, 0.717) is 11.9 Å². The maximum Gasteiger partial charge on any atom is 0.188 e. The SMILES string of the molecule is Cc1nc(C)c(CCNC(N)=NCCC(C)C)s1. The van der Waals surface area contributed by atoms with Gasteiger partial charge in [-0.1, -0.05) is 13.8 Å². The number of nitrogens with zero attached hydrogens (tertiary/aromatic N) is 2. The van der Waals surface area contributed by atoms with Gasteiger partial charge in [0.15, 0.2) is 5.96 Å². The molecule has 0 saturated heterocycles. The van der Waals surface area contributed by atoms with Crippen molar-refractivity contribution in [2.24, 2.45) is 16.6 Å². The quantitative estimate of drug-likeness (QED) is 0.614. The molecule has 18 heavy (non-hydrogen) atoms. The van der Waals surface area contributed by atoms with E-state index in [1.807, 2.05) is 6.92 Å². The fourth-order valence-corrected chi connectivity index (χ4v) is 2.55. The molecule has 5 heteroatoms. The third-order valence-corrected chi connectivity index (χ3v) is 3.78. The summed E-state index contributed by atoms with van der Waals surface area (Å²) in [6, 6.07) is 0. The lowest BCUT2D eigenvalue weighted by Crippen LogP contribution is -2.33. The first-order chi connectivity index (χ1) is 8.49. The Balaban J connectivity index is 2.27. The Morgan fingerprint density at radius 1 is 1.44 bits per heavy atom. The van der Waals surface area contributed by atoms with Crippen molar-refractivity contribution in [3.63, 3.8) is 0 Å². The van der Waals surface area contributed by atoms with Gasteiger partial charge >= 0.3 is 0 Å². The molecule has 0 spiro atoms. The number of aromatic nitrogens is 1. The molecule has 0 saturated carbocycles. The lowest BCUT2D eigenvalue weighted by atomic mass is 10.1. The third kappa shape index (κ3) is 5.49. The minimum Gasteiger partial charge on any atom is -0.370 e. The van der Waals surface area contributed by atoms with Crippen LogP contribution in [0, 0.1) is 19.8 Å². The fourth-order valence-electron chi connectivity index (χ4n) is 1.61. The summed E-state index contributed by atoms with van der Waals surface area (Å²) in [5, 5.41) is 4.27. The van der Waals surface area contributed by atoms with Crippen molar-refractivity contribution in [3.05, 3.63) is 15.6 Å². The van der Waals surface area contributed by atoms with Crippen LogP contribution in [0.25, 0.3) is 0 Å². The fraction of sp³-hybridized carbons (Fsp3) is 0.692. The zero-order chi connectivity index (χ0) is 13.5. The van der Waals surface area contributed by atoms with Gasteiger partial charge in [0.05, 0.1) is 10.7 Å². The first-order valence-corrected chi connectivity index (χ1v) is 7.27. The van der Waals surface area contributed by atoms with Crippen molar-refractivity contribution in [2.45, 2.75) is 40.5 Å². The summed E-state index contributed by atoms with van der Waals surface area (Å²) in [4.78, 5) is 10.0. The smallest absolute Gasteiger partial charge is 0.188 e. The minimum absolute atomic E-state index is 0.551. The van der Waals surface area contributed by atoms with Crippen molar-refractivity contribution in [1.29, 1.82) is 0 Å². The lowest BCUT2D eigenvalue weighted by molar-refractivity contribution is 0.595. The van der Waals surface area contributed by atoms with Gasteiger partial charge in [0.25, 0.3) is 0 Å². The van der Waals surface area contributed by atoms with Gasteiger partial charge in [0.2, 0.25) is 0 Å². The highest BCUT2D eigenvalue weighted by atomic mass is 32.1. The van der Waals surface area contributed by atoms with Crippen LogP contribution in [0.5, 0.6) is 0 Å². The van der Waals surface area contributed by atoms with Crippen molar-refractivity contribution in [1.82, 2.24) is 10.3 Å². The molecule has 1 aromatic rings. The second-order valence-corrected chi connectivity index (χ2v) is 6.16. The van der Waals surface area contributed by atoms with Crippen LogP contribution in [-0.4, -0.2) is 24.0 Å². The van der Waals surface area contributed by atoms with Crippen molar-refractivity contribution in [2.75, 3.05) is 13.1 Å². The molecular formula is C13H24N4S. The third-order valence-electron chi connectivity index (χ3n) is 2.65. The highest BCUT2D eigenvalue weighted by Gasteiger charge is 2.04. The molecule has 0 unspecified atom stereocenters. The number of nitrogens with one attached hydrogen (secondary N) is 1. The number of thiazole rings is 1. The normalized spacial score (nSPS) is 12.2. The highest BCUT2D eigenvalue weighted by Crippen LogP contribution is 2.16. The van der Waals surface area contributed by atoms with E-state index in [9.17, 15) is 0 Å². The lowest BCUT2D eigenvalue weighted by Gasteiger charge is -2.05. The van der Waals surface area contributed by atoms with Gasteiger partial charge in [-0.05, 0) is 26.2 Å². The molecule has 0 atom stereocenters. The number of aryl methyl sites for hydroxylation is 2. The zero-order valence-corrected chi connectivity index (χ0v) is 12.6. The van der Waals surface area contributed by atoms with Gasteiger partial charge in [-0.2, -0.15) is 0 Å². The number of nitrogens with two attached hydrogens (primary N) is 1. The second kappa shape index (κ2) is 7.36. The average molecular weight is 268 g/mol. The van der Waals surface area contributed by atoms with E-state index < -0.39 is 0 Å². The molecule has 0 amide bonds. The monoisotopic (exact) mass is 268 g/mol. The number of rotatable bonds is 6. The van der Waals surface area contributed by atoms with Crippen LogP contribution < -0.4 is 11.1 Å². The first-order valence-electron chi connectivity index (χ1n) is 6.45. The van der Waals surface area contributed by atoms with E-state index in [4.69, 9.17) is 5.73 Å². The van der Waals surface area contributed by atoms with Crippen molar-refractivity contribution < 1.29 is 0 Å². The molecule has 4 nitrogen and oxygen atoms in total. The highest BCUT2D eigenvalue weighted by molar-refractivity contribution is 7.11. The van der Waals surface area contributed by atoms with Crippen molar-refractivity contribution in [3.8, 4) is 0 Å².